The van der Waals surface area contributed by atoms with Crippen LogP contribution in [0.25, 0.3) is 0 Å². The molecule has 30 heavy (non-hydrogen) atoms. The largest absolute Gasteiger partial charge is 0.486 e. The van der Waals surface area contributed by atoms with E-state index in [1.54, 1.807) is 12.3 Å². The molecular weight excluding hydrogens is 408 g/mol. The SMILES string of the molecule is CC(C)c1cccc(O[C@@H]2CCOC2)c1NC(=O)NS(=O)(=O)c1ccn(C(C)C)n1. The average molecular weight is 437 g/mol. The van der Waals surface area contributed by atoms with E-state index in [4.69, 9.17) is 9.47 Å². The molecule has 1 aromatic carbocycles. The lowest BCUT2D eigenvalue weighted by atomic mass is 10.0. The summed E-state index contributed by atoms with van der Waals surface area (Å²) in [5.74, 6) is 0.565. The van der Waals surface area contributed by atoms with Gasteiger partial charge in [0.25, 0.3) is 10.0 Å². The van der Waals surface area contributed by atoms with Crippen LogP contribution in [0.5, 0.6) is 5.75 Å². The Balaban J connectivity index is 1.80. The highest BCUT2D eigenvalue weighted by molar-refractivity contribution is 7.90. The summed E-state index contributed by atoms with van der Waals surface area (Å²) in [4.78, 5) is 12.6. The van der Waals surface area contributed by atoms with E-state index in [9.17, 15) is 13.2 Å². The van der Waals surface area contributed by atoms with Gasteiger partial charge in [0.2, 0.25) is 0 Å². The van der Waals surface area contributed by atoms with Gasteiger partial charge in [0.1, 0.15) is 11.9 Å². The number of hydrogen-bond acceptors (Lipinski definition) is 6. The molecule has 3 rings (SSSR count). The summed E-state index contributed by atoms with van der Waals surface area (Å²) in [6, 6.07) is 5.94. The Morgan fingerprint density at radius 3 is 2.63 bits per heavy atom. The molecule has 0 bridgehead atoms. The van der Waals surface area contributed by atoms with Crippen molar-refractivity contribution in [3.8, 4) is 5.75 Å². The van der Waals surface area contributed by atoms with E-state index in [1.807, 2.05) is 44.5 Å². The monoisotopic (exact) mass is 436 g/mol. The molecule has 1 saturated heterocycles. The Hall–Kier alpha value is -2.59. The normalized spacial score (nSPS) is 16.8. The number of nitrogens with zero attached hydrogens (tertiary/aromatic N) is 2. The van der Waals surface area contributed by atoms with Gasteiger partial charge in [0, 0.05) is 18.7 Å². The lowest BCUT2D eigenvalue weighted by molar-refractivity contribution is 0.142. The third-order valence-electron chi connectivity index (χ3n) is 4.72. The van der Waals surface area contributed by atoms with Gasteiger partial charge in [0.15, 0.2) is 5.03 Å². The van der Waals surface area contributed by atoms with E-state index in [2.05, 4.69) is 10.4 Å². The van der Waals surface area contributed by atoms with E-state index in [-0.39, 0.29) is 23.1 Å². The minimum absolute atomic E-state index is 0.0000286. The molecule has 2 heterocycles. The van der Waals surface area contributed by atoms with Crippen molar-refractivity contribution in [1.82, 2.24) is 14.5 Å². The Morgan fingerprint density at radius 1 is 1.27 bits per heavy atom. The van der Waals surface area contributed by atoms with Crippen LogP contribution in [0.15, 0.2) is 35.5 Å². The smallest absolute Gasteiger partial charge is 0.333 e. The van der Waals surface area contributed by atoms with Crippen molar-refractivity contribution in [1.29, 1.82) is 0 Å². The number of rotatable bonds is 7. The maximum absolute atomic E-state index is 12.6. The van der Waals surface area contributed by atoms with E-state index in [0.29, 0.717) is 24.7 Å². The molecule has 1 atom stereocenters. The van der Waals surface area contributed by atoms with Crippen molar-refractivity contribution in [2.24, 2.45) is 0 Å². The van der Waals surface area contributed by atoms with Crippen LogP contribution in [-0.4, -0.2) is 43.5 Å². The Morgan fingerprint density at radius 2 is 2.03 bits per heavy atom. The highest BCUT2D eigenvalue weighted by Crippen LogP contribution is 2.34. The number of amides is 2. The zero-order chi connectivity index (χ0) is 21.9. The van der Waals surface area contributed by atoms with Gasteiger partial charge in [0.05, 0.1) is 18.9 Å². The molecule has 2 N–H and O–H groups in total. The number of aromatic nitrogens is 2. The third-order valence-corrected chi connectivity index (χ3v) is 5.94. The number of nitrogens with one attached hydrogen (secondary N) is 2. The number of carbonyl (C=O) groups excluding carboxylic acids is 1. The number of ether oxygens (including phenoxy) is 2. The topological polar surface area (TPSA) is 112 Å². The summed E-state index contributed by atoms with van der Waals surface area (Å²) in [6.45, 7) is 8.82. The van der Waals surface area contributed by atoms with Crippen molar-refractivity contribution < 1.29 is 22.7 Å². The fraction of sp³-hybridized carbons (Fsp3) is 0.500. The van der Waals surface area contributed by atoms with Crippen LogP contribution >= 0.6 is 0 Å². The lowest BCUT2D eigenvalue weighted by Crippen LogP contribution is -2.35. The number of carbonyl (C=O) groups is 1. The summed E-state index contributed by atoms with van der Waals surface area (Å²) < 4.78 is 40.0. The van der Waals surface area contributed by atoms with Crippen molar-refractivity contribution in [3.63, 3.8) is 0 Å². The zero-order valence-corrected chi connectivity index (χ0v) is 18.4. The number of hydrogen-bond donors (Lipinski definition) is 2. The first-order valence-electron chi connectivity index (χ1n) is 9.93. The predicted molar refractivity (Wildman–Crippen MR) is 112 cm³/mol. The first kappa shape index (κ1) is 22.1. The molecule has 0 radical (unpaired) electrons. The molecule has 0 aliphatic carbocycles. The molecule has 1 aliphatic rings. The second kappa shape index (κ2) is 9.05. The first-order valence-corrected chi connectivity index (χ1v) is 11.4. The van der Waals surface area contributed by atoms with Gasteiger partial charge < -0.3 is 14.8 Å². The minimum Gasteiger partial charge on any atom is -0.486 e. The van der Waals surface area contributed by atoms with Gasteiger partial charge in [-0.1, -0.05) is 26.0 Å². The highest BCUT2D eigenvalue weighted by Gasteiger charge is 2.24. The fourth-order valence-electron chi connectivity index (χ4n) is 3.11. The number of para-hydroxylation sites is 1. The van der Waals surface area contributed by atoms with Gasteiger partial charge in [-0.25, -0.2) is 9.52 Å². The van der Waals surface area contributed by atoms with Crippen molar-refractivity contribution >= 4 is 21.7 Å². The van der Waals surface area contributed by atoms with Gasteiger partial charge >= 0.3 is 6.03 Å². The molecule has 0 spiro atoms. The van der Waals surface area contributed by atoms with Crippen LogP contribution in [0.1, 0.15) is 51.6 Å². The van der Waals surface area contributed by atoms with E-state index in [1.165, 1.54) is 10.7 Å². The van der Waals surface area contributed by atoms with Gasteiger partial charge in [-0.05, 0) is 37.5 Å². The van der Waals surface area contributed by atoms with Gasteiger partial charge in [-0.15, -0.1) is 0 Å². The van der Waals surface area contributed by atoms with Crippen LogP contribution in [0, 0.1) is 0 Å². The molecular formula is C20H28N4O5S. The Kier molecular flexibility index (Phi) is 6.67. The summed E-state index contributed by atoms with van der Waals surface area (Å²) >= 11 is 0. The predicted octanol–water partition coefficient (Wildman–Crippen LogP) is 3.27. The number of sulfonamides is 1. The molecule has 10 heteroatoms. The number of benzene rings is 1. The van der Waals surface area contributed by atoms with E-state index < -0.39 is 16.1 Å². The second-order valence-corrected chi connectivity index (χ2v) is 9.40. The third kappa shape index (κ3) is 5.11. The molecule has 0 unspecified atom stereocenters. The number of anilines is 1. The van der Waals surface area contributed by atoms with Crippen molar-refractivity contribution in [2.75, 3.05) is 18.5 Å². The molecule has 0 saturated carbocycles. The van der Waals surface area contributed by atoms with Crippen LogP contribution in [0.2, 0.25) is 0 Å². The molecule has 9 nitrogen and oxygen atoms in total. The van der Waals surface area contributed by atoms with Gasteiger partial charge in [-0.2, -0.15) is 13.5 Å². The zero-order valence-electron chi connectivity index (χ0n) is 17.6. The summed E-state index contributed by atoms with van der Waals surface area (Å²) in [7, 11) is -4.12. The highest BCUT2D eigenvalue weighted by atomic mass is 32.2. The van der Waals surface area contributed by atoms with Crippen LogP contribution in [0.3, 0.4) is 0 Å². The van der Waals surface area contributed by atoms with Crippen LogP contribution in [-0.2, 0) is 14.8 Å². The Bertz CT molecular complexity index is 994. The molecule has 1 aliphatic heterocycles. The van der Waals surface area contributed by atoms with Crippen LogP contribution < -0.4 is 14.8 Å². The maximum atomic E-state index is 12.6. The minimum atomic E-state index is -4.12. The molecule has 1 fully saturated rings. The number of urea groups is 1. The van der Waals surface area contributed by atoms with Crippen molar-refractivity contribution in [2.45, 2.75) is 57.2 Å². The second-order valence-electron chi connectivity index (χ2n) is 7.77. The van der Waals surface area contributed by atoms with Gasteiger partial charge in [-0.3, -0.25) is 4.68 Å². The van der Waals surface area contributed by atoms with E-state index >= 15 is 0 Å². The van der Waals surface area contributed by atoms with E-state index in [0.717, 1.165) is 12.0 Å². The molecule has 164 valence electrons. The Labute approximate surface area is 176 Å². The summed E-state index contributed by atoms with van der Waals surface area (Å²) in [5, 5.41) is 6.46. The maximum Gasteiger partial charge on any atom is 0.333 e. The molecule has 1 aromatic heterocycles. The molecule has 2 amide bonds. The fourth-order valence-corrected chi connectivity index (χ4v) is 3.95. The standard InChI is InChI=1S/C20H28N4O5S/c1-13(2)16-6-5-7-17(29-15-9-11-28-12-15)19(16)21-20(25)23-30(26,27)18-8-10-24(22-18)14(3)4/h5-8,10,13-15H,9,11-12H2,1-4H3,(H2,21,23,25)/t15-/m1/s1. The van der Waals surface area contributed by atoms with Crippen molar-refractivity contribution in [3.05, 3.63) is 36.0 Å². The first-order chi connectivity index (χ1) is 14.2. The van der Waals surface area contributed by atoms with Crippen LogP contribution in [0.4, 0.5) is 10.5 Å². The molecule has 2 aromatic rings. The summed E-state index contributed by atoms with van der Waals surface area (Å²) in [6.07, 6.45) is 2.20. The summed E-state index contributed by atoms with van der Waals surface area (Å²) in [5.41, 5.74) is 1.28. The quantitative estimate of drug-likeness (QED) is 0.689. The lowest BCUT2D eigenvalue weighted by Gasteiger charge is -2.20. The average Bonchev–Trinajstić information content (AvgIpc) is 3.34.